The molecule has 5 nitrogen and oxygen atoms in total. The zero-order valence-electron chi connectivity index (χ0n) is 11.7. The summed E-state index contributed by atoms with van der Waals surface area (Å²) in [6, 6.07) is -0.395. The van der Waals surface area contributed by atoms with Gasteiger partial charge in [0.25, 0.3) is 0 Å². The van der Waals surface area contributed by atoms with Crippen molar-refractivity contribution in [1.29, 1.82) is 0 Å². The van der Waals surface area contributed by atoms with Gasteiger partial charge in [0.1, 0.15) is 6.04 Å². The molecule has 1 saturated carbocycles. The van der Waals surface area contributed by atoms with E-state index >= 15 is 0 Å². The maximum atomic E-state index is 12.3. The molecule has 1 saturated heterocycles. The Hall–Kier alpha value is -1.10. The van der Waals surface area contributed by atoms with E-state index in [0.29, 0.717) is 19.0 Å². The second kappa shape index (κ2) is 6.37. The molecule has 108 valence electrons. The van der Waals surface area contributed by atoms with Gasteiger partial charge in [-0.1, -0.05) is 19.8 Å². The molecule has 19 heavy (non-hydrogen) atoms. The first-order chi connectivity index (χ1) is 9.13. The topological polar surface area (TPSA) is 75.4 Å². The number of hydrogen-bond donors (Lipinski definition) is 2. The fourth-order valence-corrected chi connectivity index (χ4v) is 2.59. The lowest BCUT2D eigenvalue weighted by molar-refractivity contribution is -0.139. The molecule has 2 rings (SSSR count). The fraction of sp³-hybridized carbons (Fsp3) is 0.857. The number of likely N-dealkylation sites (tertiary alicyclic amines) is 1. The number of nitrogens with zero attached hydrogens (tertiary/aromatic N) is 1. The van der Waals surface area contributed by atoms with Crippen LogP contribution in [0, 0.1) is 0 Å². The summed E-state index contributed by atoms with van der Waals surface area (Å²) in [7, 11) is 0. The van der Waals surface area contributed by atoms with Gasteiger partial charge in [-0.3, -0.25) is 9.59 Å². The highest BCUT2D eigenvalue weighted by Gasteiger charge is 2.37. The van der Waals surface area contributed by atoms with Gasteiger partial charge in [-0.15, -0.1) is 0 Å². The SMILES string of the molecule is CCCCC(N)C(=O)N1CCCC1C(=O)NC1CC1. The van der Waals surface area contributed by atoms with Gasteiger partial charge in [0.15, 0.2) is 0 Å². The van der Waals surface area contributed by atoms with Gasteiger partial charge >= 0.3 is 0 Å². The first-order valence-corrected chi connectivity index (χ1v) is 7.50. The van der Waals surface area contributed by atoms with Crippen LogP contribution in [-0.4, -0.2) is 41.4 Å². The van der Waals surface area contributed by atoms with Crippen LogP contribution in [0.1, 0.15) is 51.9 Å². The molecule has 0 aromatic carbocycles. The summed E-state index contributed by atoms with van der Waals surface area (Å²) in [6.45, 7) is 2.75. The van der Waals surface area contributed by atoms with E-state index in [1.54, 1.807) is 4.90 Å². The molecule has 5 heteroatoms. The molecule has 1 heterocycles. The van der Waals surface area contributed by atoms with Gasteiger partial charge < -0.3 is 16.0 Å². The Labute approximate surface area is 114 Å². The van der Waals surface area contributed by atoms with Crippen LogP contribution >= 0.6 is 0 Å². The average Bonchev–Trinajstić information content (AvgIpc) is 3.08. The third kappa shape index (κ3) is 3.69. The maximum absolute atomic E-state index is 12.3. The average molecular weight is 267 g/mol. The molecular formula is C14H25N3O2. The lowest BCUT2D eigenvalue weighted by Crippen LogP contribution is -2.51. The number of carbonyl (C=O) groups excluding carboxylic acids is 2. The van der Waals surface area contributed by atoms with Crippen molar-refractivity contribution in [2.24, 2.45) is 5.73 Å². The molecule has 0 radical (unpaired) electrons. The molecule has 2 fully saturated rings. The predicted molar refractivity (Wildman–Crippen MR) is 73.4 cm³/mol. The summed E-state index contributed by atoms with van der Waals surface area (Å²) in [5.41, 5.74) is 5.94. The van der Waals surface area contributed by atoms with Crippen LogP contribution in [0.3, 0.4) is 0 Å². The van der Waals surface area contributed by atoms with E-state index in [1.807, 2.05) is 0 Å². The van der Waals surface area contributed by atoms with Gasteiger partial charge in [-0.2, -0.15) is 0 Å². The molecule has 1 aliphatic heterocycles. The number of amides is 2. The van der Waals surface area contributed by atoms with Gasteiger partial charge in [0, 0.05) is 12.6 Å². The zero-order chi connectivity index (χ0) is 13.8. The molecule has 1 aliphatic carbocycles. The molecular weight excluding hydrogens is 242 g/mol. The summed E-state index contributed by atoms with van der Waals surface area (Å²) in [6.07, 6.45) is 6.51. The zero-order valence-corrected chi connectivity index (χ0v) is 11.7. The Bertz CT molecular complexity index is 342. The van der Waals surface area contributed by atoms with Gasteiger partial charge in [0.05, 0.1) is 6.04 Å². The summed E-state index contributed by atoms with van der Waals surface area (Å²) < 4.78 is 0. The molecule has 0 spiro atoms. The lowest BCUT2D eigenvalue weighted by atomic mass is 10.1. The van der Waals surface area contributed by atoms with Crippen molar-refractivity contribution in [3.63, 3.8) is 0 Å². The van der Waals surface area contributed by atoms with E-state index in [0.717, 1.165) is 38.5 Å². The molecule has 2 amide bonds. The van der Waals surface area contributed by atoms with E-state index in [2.05, 4.69) is 12.2 Å². The molecule has 2 aliphatic rings. The highest BCUT2D eigenvalue weighted by Crippen LogP contribution is 2.23. The van der Waals surface area contributed by atoms with Gasteiger partial charge in [0.2, 0.25) is 11.8 Å². The maximum Gasteiger partial charge on any atom is 0.243 e. The number of hydrogen-bond acceptors (Lipinski definition) is 3. The van der Waals surface area contributed by atoms with E-state index < -0.39 is 6.04 Å². The van der Waals surface area contributed by atoms with Crippen molar-refractivity contribution >= 4 is 11.8 Å². The van der Waals surface area contributed by atoms with E-state index in [-0.39, 0.29) is 17.9 Å². The monoisotopic (exact) mass is 267 g/mol. The minimum Gasteiger partial charge on any atom is -0.352 e. The largest absolute Gasteiger partial charge is 0.352 e. The predicted octanol–water partition coefficient (Wildman–Crippen LogP) is 0.773. The van der Waals surface area contributed by atoms with Crippen LogP contribution in [-0.2, 0) is 9.59 Å². The highest BCUT2D eigenvalue weighted by atomic mass is 16.2. The van der Waals surface area contributed by atoms with Crippen LogP contribution in [0.4, 0.5) is 0 Å². The molecule has 2 atom stereocenters. The van der Waals surface area contributed by atoms with Crippen molar-refractivity contribution in [1.82, 2.24) is 10.2 Å². The minimum absolute atomic E-state index is 0.0102. The number of unbranched alkanes of at least 4 members (excludes halogenated alkanes) is 1. The van der Waals surface area contributed by atoms with Crippen LogP contribution in [0.5, 0.6) is 0 Å². The van der Waals surface area contributed by atoms with Crippen molar-refractivity contribution in [2.75, 3.05) is 6.54 Å². The molecule has 0 aromatic rings. The highest BCUT2D eigenvalue weighted by molar-refractivity contribution is 5.90. The summed E-state index contributed by atoms with van der Waals surface area (Å²) in [5.74, 6) is -0.0436. The Morgan fingerprint density at radius 2 is 2.11 bits per heavy atom. The summed E-state index contributed by atoms with van der Waals surface area (Å²) in [5, 5.41) is 2.99. The molecule has 2 unspecified atom stereocenters. The number of carbonyl (C=O) groups is 2. The van der Waals surface area contributed by atoms with E-state index in [9.17, 15) is 9.59 Å². The van der Waals surface area contributed by atoms with E-state index in [4.69, 9.17) is 5.73 Å². The fourth-order valence-electron chi connectivity index (χ4n) is 2.59. The normalized spacial score (nSPS) is 24.3. The third-order valence-corrected chi connectivity index (χ3v) is 3.95. The quantitative estimate of drug-likeness (QED) is 0.746. The molecule has 0 aromatic heterocycles. The number of nitrogens with two attached hydrogens (primary N) is 1. The first-order valence-electron chi connectivity index (χ1n) is 7.50. The summed E-state index contributed by atoms with van der Waals surface area (Å²) >= 11 is 0. The van der Waals surface area contributed by atoms with Gasteiger partial charge in [-0.25, -0.2) is 0 Å². The lowest BCUT2D eigenvalue weighted by Gasteiger charge is -2.26. The molecule has 0 bridgehead atoms. The van der Waals surface area contributed by atoms with Crippen LogP contribution in [0.2, 0.25) is 0 Å². The Kier molecular flexibility index (Phi) is 4.80. The minimum atomic E-state index is -0.450. The van der Waals surface area contributed by atoms with Crippen molar-refractivity contribution in [3.8, 4) is 0 Å². The standard InChI is InChI=1S/C14H25N3O2/c1-2-3-5-11(15)14(19)17-9-4-6-12(17)13(18)16-10-7-8-10/h10-12H,2-9,15H2,1H3,(H,16,18). The third-order valence-electron chi connectivity index (χ3n) is 3.95. The van der Waals surface area contributed by atoms with Crippen LogP contribution in [0.15, 0.2) is 0 Å². The number of nitrogens with one attached hydrogen (secondary N) is 1. The Morgan fingerprint density at radius 1 is 1.37 bits per heavy atom. The van der Waals surface area contributed by atoms with Crippen LogP contribution < -0.4 is 11.1 Å². The molecule has 3 N–H and O–H groups in total. The van der Waals surface area contributed by atoms with Crippen LogP contribution in [0.25, 0.3) is 0 Å². The van der Waals surface area contributed by atoms with Crippen molar-refractivity contribution < 1.29 is 9.59 Å². The van der Waals surface area contributed by atoms with E-state index in [1.165, 1.54) is 0 Å². The second-order valence-corrected chi connectivity index (χ2v) is 5.72. The first kappa shape index (κ1) is 14.3. The van der Waals surface area contributed by atoms with Gasteiger partial charge in [-0.05, 0) is 32.1 Å². The Balaban J connectivity index is 1.89. The van der Waals surface area contributed by atoms with Crippen molar-refractivity contribution in [3.05, 3.63) is 0 Å². The number of rotatable bonds is 6. The second-order valence-electron chi connectivity index (χ2n) is 5.72. The smallest absolute Gasteiger partial charge is 0.243 e. The Morgan fingerprint density at radius 3 is 2.74 bits per heavy atom. The summed E-state index contributed by atoms with van der Waals surface area (Å²) in [4.78, 5) is 26.1. The van der Waals surface area contributed by atoms with Crippen molar-refractivity contribution in [2.45, 2.75) is 70.0 Å².